The van der Waals surface area contributed by atoms with Crippen LogP contribution in [-0.2, 0) is 14.9 Å². The molecule has 0 spiro atoms. The third-order valence-corrected chi connectivity index (χ3v) is 5.69. The first-order valence-electron chi connectivity index (χ1n) is 9.64. The lowest BCUT2D eigenvalue weighted by atomic mass is 10.2. The summed E-state index contributed by atoms with van der Waals surface area (Å²) in [6, 6.07) is 12.2. The third kappa shape index (κ3) is 4.80. The van der Waals surface area contributed by atoms with E-state index in [2.05, 4.69) is 5.10 Å². The predicted molar refractivity (Wildman–Crippen MR) is 116 cm³/mol. The summed E-state index contributed by atoms with van der Waals surface area (Å²) in [7, 11) is -3.15. The van der Waals surface area contributed by atoms with Gasteiger partial charge in [-0.3, -0.25) is 4.79 Å². The minimum Gasteiger partial charge on any atom is -0.495 e. The number of aromatic nitrogens is 2. The van der Waals surface area contributed by atoms with Crippen LogP contribution in [0.2, 0.25) is 0 Å². The van der Waals surface area contributed by atoms with Crippen LogP contribution in [0.4, 0.5) is 0 Å². The van der Waals surface area contributed by atoms with Crippen molar-refractivity contribution in [3.63, 3.8) is 0 Å². The second-order valence-electron chi connectivity index (χ2n) is 6.86. The summed E-state index contributed by atoms with van der Waals surface area (Å²) in [4.78, 5) is 25.0. The Hall–Kier alpha value is -3.66. The fraction of sp³-hybridized carbons (Fsp3) is 0.227. The third-order valence-electron chi connectivity index (χ3n) is 4.43. The molecule has 0 amide bonds. The zero-order valence-corrected chi connectivity index (χ0v) is 18.8. The Kier molecular flexibility index (Phi) is 6.64. The lowest BCUT2D eigenvalue weighted by Crippen LogP contribution is -2.26. The van der Waals surface area contributed by atoms with E-state index in [1.165, 1.54) is 19.2 Å². The molecule has 2 aromatic carbocycles. The van der Waals surface area contributed by atoms with Crippen LogP contribution in [-0.4, -0.2) is 37.9 Å². The van der Waals surface area contributed by atoms with Crippen LogP contribution in [0.3, 0.4) is 0 Å². The van der Waals surface area contributed by atoms with Crippen LogP contribution in [0, 0.1) is 13.8 Å². The largest absolute Gasteiger partial charge is 0.495 e. The van der Waals surface area contributed by atoms with Crippen molar-refractivity contribution in [1.82, 2.24) is 9.78 Å². The lowest BCUT2D eigenvalue weighted by molar-refractivity contribution is 0.0515. The number of hydrogen-bond acceptors (Lipinski definition) is 8. The molecule has 0 fully saturated rings. The van der Waals surface area contributed by atoms with Gasteiger partial charge in [0.25, 0.3) is 5.56 Å². The van der Waals surface area contributed by atoms with Gasteiger partial charge in [-0.25, -0.2) is 4.79 Å². The van der Waals surface area contributed by atoms with E-state index in [-0.39, 0.29) is 17.3 Å². The number of nitrogens with zero attached hydrogens (tertiary/aromatic N) is 2. The van der Waals surface area contributed by atoms with Gasteiger partial charge in [-0.15, -0.1) is 0 Å². The molecule has 168 valence electrons. The number of aryl methyl sites for hydroxylation is 2. The molecular formula is C22H22N2O7S. The Morgan fingerprint density at radius 2 is 1.66 bits per heavy atom. The van der Waals surface area contributed by atoms with Crippen LogP contribution < -0.4 is 14.5 Å². The molecule has 0 aliphatic rings. The highest BCUT2D eigenvalue weighted by atomic mass is 32.2. The summed E-state index contributed by atoms with van der Waals surface area (Å²) in [6.07, 6.45) is 0. The molecule has 9 nitrogen and oxygen atoms in total. The number of carbonyl (C=O) groups excluding carboxylic acids is 1. The Balaban J connectivity index is 2.14. The molecule has 3 rings (SSSR count). The fourth-order valence-electron chi connectivity index (χ4n) is 2.86. The van der Waals surface area contributed by atoms with Crippen LogP contribution >= 0.6 is 0 Å². The van der Waals surface area contributed by atoms with Gasteiger partial charge in [0.05, 0.1) is 25.5 Å². The molecule has 0 unspecified atom stereocenters. The van der Waals surface area contributed by atoms with Gasteiger partial charge in [0.15, 0.2) is 5.75 Å². The van der Waals surface area contributed by atoms with E-state index in [1.54, 1.807) is 44.2 Å². The average molecular weight is 458 g/mol. The van der Waals surface area contributed by atoms with E-state index >= 15 is 0 Å². The molecule has 0 saturated heterocycles. The van der Waals surface area contributed by atoms with Crippen LogP contribution in [0.5, 0.6) is 11.5 Å². The molecule has 32 heavy (non-hydrogen) atoms. The predicted octanol–water partition coefficient (Wildman–Crippen LogP) is 2.80. The van der Waals surface area contributed by atoms with Crippen molar-refractivity contribution in [2.75, 3.05) is 13.7 Å². The Bertz CT molecular complexity index is 1310. The number of esters is 1. The van der Waals surface area contributed by atoms with Gasteiger partial charge >= 0.3 is 16.1 Å². The molecule has 0 atom stereocenters. The Morgan fingerprint density at radius 3 is 2.28 bits per heavy atom. The van der Waals surface area contributed by atoms with Crippen molar-refractivity contribution in [2.24, 2.45) is 0 Å². The molecule has 0 aliphatic heterocycles. The van der Waals surface area contributed by atoms with Gasteiger partial charge in [-0.2, -0.15) is 18.2 Å². The topological polar surface area (TPSA) is 114 Å². The number of hydrogen-bond donors (Lipinski definition) is 0. The molecule has 3 aromatic rings. The molecule has 0 saturated carbocycles. The van der Waals surface area contributed by atoms with E-state index in [0.29, 0.717) is 11.3 Å². The SMILES string of the molecule is CCOC(=O)c1nn(-c2ccc(C)cc2)c(=O)cc1OS(=O)(=O)c1cc(C)ccc1OC. The van der Waals surface area contributed by atoms with Crippen LogP contribution in [0.15, 0.2) is 58.2 Å². The zero-order chi connectivity index (χ0) is 23.5. The minimum atomic E-state index is -4.47. The normalized spacial score (nSPS) is 11.1. The zero-order valence-electron chi connectivity index (χ0n) is 18.0. The van der Waals surface area contributed by atoms with E-state index in [0.717, 1.165) is 16.3 Å². The second kappa shape index (κ2) is 9.23. The molecule has 0 N–H and O–H groups in total. The number of benzene rings is 2. The first-order valence-corrected chi connectivity index (χ1v) is 11.0. The summed E-state index contributed by atoms with van der Waals surface area (Å²) in [5, 5.41) is 4.04. The van der Waals surface area contributed by atoms with Gasteiger partial charge in [0.1, 0.15) is 10.6 Å². The number of ether oxygens (including phenoxy) is 2. The van der Waals surface area contributed by atoms with Crippen molar-refractivity contribution in [2.45, 2.75) is 25.7 Å². The molecule has 1 heterocycles. The molecular weight excluding hydrogens is 436 g/mol. The van der Waals surface area contributed by atoms with E-state index in [4.69, 9.17) is 13.7 Å². The summed E-state index contributed by atoms with van der Waals surface area (Å²) in [5.74, 6) is -1.43. The lowest BCUT2D eigenvalue weighted by Gasteiger charge is -2.14. The Labute approximate surface area is 185 Å². The summed E-state index contributed by atoms with van der Waals surface area (Å²) < 4.78 is 42.2. The first-order chi connectivity index (χ1) is 15.2. The van der Waals surface area contributed by atoms with Crippen molar-refractivity contribution < 1.29 is 26.9 Å². The quantitative estimate of drug-likeness (QED) is 0.392. The Morgan fingerprint density at radius 1 is 1.00 bits per heavy atom. The average Bonchev–Trinajstić information content (AvgIpc) is 2.74. The number of carbonyl (C=O) groups is 1. The standard InChI is InChI=1S/C22H22N2O7S/c1-5-30-22(26)21-18(13-20(25)24(23-21)16-9-6-14(2)7-10-16)31-32(27,28)19-12-15(3)8-11-17(19)29-4/h6-13H,5H2,1-4H3. The molecule has 0 bridgehead atoms. The molecule has 10 heteroatoms. The fourth-order valence-corrected chi connectivity index (χ4v) is 4.04. The highest BCUT2D eigenvalue weighted by Crippen LogP contribution is 2.28. The van der Waals surface area contributed by atoms with E-state index < -0.39 is 33.1 Å². The van der Waals surface area contributed by atoms with E-state index in [9.17, 15) is 18.0 Å². The second-order valence-corrected chi connectivity index (χ2v) is 8.37. The van der Waals surface area contributed by atoms with Gasteiger partial charge in [0, 0.05) is 0 Å². The van der Waals surface area contributed by atoms with Crippen molar-refractivity contribution in [3.8, 4) is 17.2 Å². The molecule has 0 aliphatic carbocycles. The summed E-state index contributed by atoms with van der Waals surface area (Å²) in [5.41, 5.74) is 0.850. The number of methoxy groups -OCH3 is 1. The highest BCUT2D eigenvalue weighted by molar-refractivity contribution is 7.87. The van der Waals surface area contributed by atoms with Crippen molar-refractivity contribution in [3.05, 3.63) is 75.7 Å². The summed E-state index contributed by atoms with van der Waals surface area (Å²) in [6.45, 7) is 5.18. The first kappa shape index (κ1) is 23.0. The van der Waals surface area contributed by atoms with Crippen LogP contribution in [0.25, 0.3) is 5.69 Å². The molecule has 0 radical (unpaired) electrons. The van der Waals surface area contributed by atoms with Gasteiger partial charge in [-0.05, 0) is 50.6 Å². The van der Waals surface area contributed by atoms with Gasteiger partial charge in [0.2, 0.25) is 5.69 Å². The van der Waals surface area contributed by atoms with Gasteiger partial charge in [-0.1, -0.05) is 23.8 Å². The maximum Gasteiger partial charge on any atom is 0.362 e. The summed E-state index contributed by atoms with van der Waals surface area (Å²) >= 11 is 0. The molecule has 1 aromatic heterocycles. The smallest absolute Gasteiger partial charge is 0.362 e. The maximum absolute atomic E-state index is 13.0. The minimum absolute atomic E-state index is 0.0159. The monoisotopic (exact) mass is 458 g/mol. The maximum atomic E-state index is 13.0. The van der Waals surface area contributed by atoms with E-state index in [1.807, 2.05) is 6.92 Å². The van der Waals surface area contributed by atoms with Crippen LogP contribution in [0.1, 0.15) is 28.5 Å². The van der Waals surface area contributed by atoms with Gasteiger partial charge < -0.3 is 13.7 Å². The highest BCUT2D eigenvalue weighted by Gasteiger charge is 2.27. The van der Waals surface area contributed by atoms with Crippen molar-refractivity contribution >= 4 is 16.1 Å². The van der Waals surface area contributed by atoms with Crippen molar-refractivity contribution in [1.29, 1.82) is 0 Å². The number of rotatable bonds is 7.